The molecule has 352 valence electrons. The van der Waals surface area contributed by atoms with E-state index < -0.39 is 0 Å². The number of aromatic nitrogens is 2. The highest BCUT2D eigenvalue weighted by atomic mass is 16.5. The first-order valence-corrected chi connectivity index (χ1v) is 24.7. The van der Waals surface area contributed by atoms with Gasteiger partial charge in [-0.2, -0.15) is 0 Å². The predicted octanol–water partition coefficient (Wildman–Crippen LogP) is 17.9. The van der Waals surface area contributed by atoms with Gasteiger partial charge in [0.15, 0.2) is 0 Å². The van der Waals surface area contributed by atoms with E-state index in [0.29, 0.717) is 12.4 Å². The molecular formula is C65H60N4O2. The summed E-state index contributed by atoms with van der Waals surface area (Å²) in [4.78, 5) is 9.85. The van der Waals surface area contributed by atoms with Crippen molar-refractivity contribution in [2.24, 2.45) is 0 Å². The Morgan fingerprint density at radius 3 is 1.62 bits per heavy atom. The quantitative estimate of drug-likeness (QED) is 0.144. The summed E-state index contributed by atoms with van der Waals surface area (Å²) in [7, 11) is 0. The standard InChI is InChI=1S/C65H60N4O2/c1-42-43(2)61(45-21-12-10-13-22-45)63(62(44(42)3)46-23-14-11-15-24-46)71-53-33-34-66-60(40-53)69-56-28-17-16-27-54(56)55-32-31-52(39-59(55)69)70-51-26-20-25-49(38-51)67-41-68(58-30-19-18-29-57(58)67)50-36-47(64(4,5)6)35-48(37-50)65(7,8)9/h10-40H,41H2,1-9H3. The van der Waals surface area contributed by atoms with Crippen molar-refractivity contribution in [2.75, 3.05) is 16.5 Å². The van der Waals surface area contributed by atoms with Gasteiger partial charge in [0, 0.05) is 57.7 Å². The monoisotopic (exact) mass is 928 g/mol. The molecule has 71 heavy (non-hydrogen) atoms. The third-order valence-electron chi connectivity index (χ3n) is 14.3. The first-order chi connectivity index (χ1) is 34.2. The van der Waals surface area contributed by atoms with Crippen LogP contribution in [0.4, 0.5) is 22.7 Å². The average Bonchev–Trinajstić information content (AvgIpc) is 3.92. The molecule has 0 amide bonds. The molecule has 0 radical (unpaired) electrons. The highest BCUT2D eigenvalue weighted by Gasteiger charge is 2.31. The van der Waals surface area contributed by atoms with Gasteiger partial charge in [-0.3, -0.25) is 4.57 Å². The molecule has 6 nitrogen and oxygen atoms in total. The molecule has 10 aromatic rings. The zero-order valence-electron chi connectivity index (χ0n) is 42.2. The van der Waals surface area contributed by atoms with Crippen molar-refractivity contribution in [3.63, 3.8) is 0 Å². The molecular weight excluding hydrogens is 869 g/mol. The van der Waals surface area contributed by atoms with Gasteiger partial charge < -0.3 is 19.3 Å². The summed E-state index contributed by atoms with van der Waals surface area (Å²) in [5.74, 6) is 3.76. The summed E-state index contributed by atoms with van der Waals surface area (Å²) in [6.45, 7) is 21.1. The van der Waals surface area contributed by atoms with E-state index >= 15 is 0 Å². The van der Waals surface area contributed by atoms with Gasteiger partial charge in [-0.15, -0.1) is 0 Å². The van der Waals surface area contributed by atoms with Crippen LogP contribution in [0, 0.1) is 20.8 Å². The molecule has 0 atom stereocenters. The highest BCUT2D eigenvalue weighted by Crippen LogP contribution is 2.49. The fraction of sp³-hybridized carbons (Fsp3) is 0.185. The molecule has 0 saturated heterocycles. The van der Waals surface area contributed by atoms with E-state index in [4.69, 9.17) is 14.5 Å². The van der Waals surface area contributed by atoms with Gasteiger partial charge in [0.25, 0.3) is 0 Å². The zero-order chi connectivity index (χ0) is 49.2. The Labute approximate surface area is 418 Å². The Morgan fingerprint density at radius 2 is 0.986 bits per heavy atom. The van der Waals surface area contributed by atoms with Gasteiger partial charge in [-0.1, -0.05) is 145 Å². The second-order valence-corrected chi connectivity index (χ2v) is 21.0. The fourth-order valence-electron chi connectivity index (χ4n) is 10.2. The molecule has 0 aliphatic carbocycles. The number of fused-ring (bicyclic) bond motifs is 4. The van der Waals surface area contributed by atoms with E-state index in [1.807, 2.05) is 18.3 Å². The van der Waals surface area contributed by atoms with Gasteiger partial charge >= 0.3 is 0 Å². The number of anilines is 4. The van der Waals surface area contributed by atoms with Crippen LogP contribution in [0.1, 0.15) is 69.4 Å². The van der Waals surface area contributed by atoms with Crippen LogP contribution in [-0.2, 0) is 10.8 Å². The number of rotatable bonds is 9. The molecule has 0 saturated carbocycles. The van der Waals surface area contributed by atoms with Crippen LogP contribution in [0.3, 0.4) is 0 Å². The lowest BCUT2D eigenvalue weighted by Gasteiger charge is -2.29. The third-order valence-corrected chi connectivity index (χ3v) is 14.3. The van der Waals surface area contributed by atoms with Crippen LogP contribution in [0.25, 0.3) is 49.9 Å². The maximum atomic E-state index is 7.19. The maximum absolute atomic E-state index is 7.19. The van der Waals surface area contributed by atoms with Crippen molar-refractivity contribution in [1.82, 2.24) is 9.55 Å². The lowest BCUT2D eigenvalue weighted by molar-refractivity contribution is 0.483. The zero-order valence-corrected chi connectivity index (χ0v) is 42.2. The van der Waals surface area contributed by atoms with Crippen LogP contribution in [0.5, 0.6) is 23.0 Å². The lowest BCUT2D eigenvalue weighted by Crippen LogP contribution is -2.25. The normalized spacial score (nSPS) is 12.7. The molecule has 2 aromatic heterocycles. The number of benzene rings is 8. The largest absolute Gasteiger partial charge is 0.457 e. The van der Waals surface area contributed by atoms with E-state index in [1.54, 1.807) is 0 Å². The third kappa shape index (κ3) is 8.37. The number of para-hydroxylation sites is 3. The molecule has 6 heteroatoms. The maximum Gasteiger partial charge on any atom is 0.143 e. The lowest BCUT2D eigenvalue weighted by atomic mass is 9.80. The second kappa shape index (κ2) is 17.7. The minimum atomic E-state index is 0.00751. The van der Waals surface area contributed by atoms with Crippen LogP contribution < -0.4 is 19.3 Å². The summed E-state index contributed by atoms with van der Waals surface area (Å²) in [6, 6.07) is 64.3. The summed E-state index contributed by atoms with van der Waals surface area (Å²) < 4.78 is 16.2. The topological polar surface area (TPSA) is 42.8 Å². The van der Waals surface area contributed by atoms with E-state index in [-0.39, 0.29) is 10.8 Å². The van der Waals surface area contributed by atoms with Crippen molar-refractivity contribution in [1.29, 1.82) is 0 Å². The molecule has 0 spiro atoms. The fourth-order valence-corrected chi connectivity index (χ4v) is 10.2. The predicted molar refractivity (Wildman–Crippen MR) is 296 cm³/mol. The molecule has 3 heterocycles. The van der Waals surface area contributed by atoms with Gasteiger partial charge in [0.2, 0.25) is 0 Å². The number of pyridine rings is 1. The second-order valence-electron chi connectivity index (χ2n) is 21.0. The van der Waals surface area contributed by atoms with Crippen molar-refractivity contribution in [3.05, 3.63) is 216 Å². The van der Waals surface area contributed by atoms with Crippen LogP contribution in [0.2, 0.25) is 0 Å². The van der Waals surface area contributed by atoms with Crippen molar-refractivity contribution < 1.29 is 9.47 Å². The van der Waals surface area contributed by atoms with Crippen LogP contribution in [-0.4, -0.2) is 16.2 Å². The van der Waals surface area contributed by atoms with E-state index in [9.17, 15) is 0 Å². The van der Waals surface area contributed by atoms with Crippen LogP contribution >= 0.6 is 0 Å². The Kier molecular flexibility index (Phi) is 11.3. The average molecular weight is 929 g/mol. The molecule has 0 fully saturated rings. The first kappa shape index (κ1) is 45.4. The molecule has 1 aliphatic rings. The number of ether oxygens (including phenoxy) is 2. The minimum Gasteiger partial charge on any atom is -0.457 e. The van der Waals surface area contributed by atoms with Gasteiger partial charge in [0.05, 0.1) is 22.4 Å². The van der Waals surface area contributed by atoms with Crippen LogP contribution in [0.15, 0.2) is 188 Å². The van der Waals surface area contributed by atoms with Crippen molar-refractivity contribution >= 4 is 44.6 Å². The van der Waals surface area contributed by atoms with Gasteiger partial charge in [-0.05, 0) is 131 Å². The summed E-state index contributed by atoms with van der Waals surface area (Å²) in [5.41, 5.74) is 17.3. The molecule has 0 unspecified atom stereocenters. The summed E-state index contributed by atoms with van der Waals surface area (Å²) >= 11 is 0. The molecule has 0 bridgehead atoms. The van der Waals surface area contributed by atoms with E-state index in [2.05, 4.69) is 247 Å². The van der Waals surface area contributed by atoms with Gasteiger partial charge in [0.1, 0.15) is 35.5 Å². The number of hydrogen-bond acceptors (Lipinski definition) is 5. The summed E-state index contributed by atoms with van der Waals surface area (Å²) in [6.07, 6.45) is 1.85. The summed E-state index contributed by atoms with van der Waals surface area (Å²) in [5, 5.41) is 2.24. The number of nitrogens with zero attached hydrogens (tertiary/aromatic N) is 4. The van der Waals surface area contributed by atoms with Crippen molar-refractivity contribution in [2.45, 2.75) is 73.1 Å². The smallest absolute Gasteiger partial charge is 0.143 e. The Bertz CT molecular complexity index is 3540. The molecule has 0 N–H and O–H groups in total. The van der Waals surface area contributed by atoms with E-state index in [0.717, 1.165) is 78.5 Å². The Hall–Kier alpha value is -8.09. The highest BCUT2D eigenvalue weighted by molar-refractivity contribution is 6.09. The van der Waals surface area contributed by atoms with Gasteiger partial charge in [-0.25, -0.2) is 4.98 Å². The first-order valence-electron chi connectivity index (χ1n) is 24.7. The molecule has 11 rings (SSSR count). The van der Waals surface area contributed by atoms with E-state index in [1.165, 1.54) is 39.2 Å². The molecule has 1 aliphatic heterocycles. The minimum absolute atomic E-state index is 0.00751. The number of hydrogen-bond donors (Lipinski definition) is 0. The van der Waals surface area contributed by atoms with Crippen molar-refractivity contribution in [3.8, 4) is 51.1 Å². The molecule has 8 aromatic carbocycles. The Balaban J connectivity index is 0.954. The SMILES string of the molecule is Cc1c(C)c(-c2ccccc2)c(Oc2ccnc(-n3c4ccccc4c4ccc(Oc5cccc(N6CN(c7cc(C(C)(C)C)cc(C(C)(C)C)c7)c7ccccc76)c5)cc43)c2)c(-c2ccccc2)c1C. The Morgan fingerprint density at radius 1 is 0.437 bits per heavy atom.